The van der Waals surface area contributed by atoms with Crippen LogP contribution in [0.5, 0.6) is 11.5 Å². The first-order chi connectivity index (χ1) is 14.5. The summed E-state index contributed by atoms with van der Waals surface area (Å²) in [6.07, 6.45) is -5.35. The quantitative estimate of drug-likeness (QED) is 0.537. The molecule has 0 saturated carbocycles. The predicted molar refractivity (Wildman–Crippen MR) is 104 cm³/mol. The van der Waals surface area contributed by atoms with Crippen LogP contribution in [0, 0.1) is 12.8 Å². The van der Waals surface area contributed by atoms with Gasteiger partial charge >= 0.3 is 12.2 Å². The zero-order valence-electron chi connectivity index (χ0n) is 16.7. The van der Waals surface area contributed by atoms with E-state index in [1.165, 1.54) is 35.6 Å². The molecule has 3 atom stereocenters. The number of phenolic OH excluding ortho intramolecular Hbond substituents is 1. The van der Waals surface area contributed by atoms with E-state index in [0.29, 0.717) is 0 Å². The fraction of sp³-hybridized carbons (Fsp3) is 0.333. The highest BCUT2D eigenvalue weighted by Gasteiger charge is 2.66. The van der Waals surface area contributed by atoms with Crippen LogP contribution in [0.25, 0.3) is 0 Å². The Bertz CT molecular complexity index is 993. The average molecular weight is 438 g/mol. The van der Waals surface area contributed by atoms with E-state index >= 15 is 0 Å². The predicted octanol–water partition coefficient (Wildman–Crippen LogP) is 3.20. The summed E-state index contributed by atoms with van der Waals surface area (Å²) in [5.74, 6) is -3.49. The van der Waals surface area contributed by atoms with Crippen LogP contribution < -0.4 is 15.4 Å². The smallest absolute Gasteiger partial charge is 0.437 e. The third-order valence-electron chi connectivity index (χ3n) is 5.07. The first-order valence-electron chi connectivity index (χ1n) is 9.42. The average Bonchev–Trinajstić information content (AvgIpc) is 2.68. The molecule has 10 heteroatoms. The van der Waals surface area contributed by atoms with Crippen molar-refractivity contribution in [2.75, 3.05) is 6.61 Å². The number of nitrogens with one attached hydrogen (secondary N) is 2. The molecule has 7 nitrogen and oxygen atoms in total. The Labute approximate surface area is 175 Å². The van der Waals surface area contributed by atoms with E-state index in [-0.39, 0.29) is 29.2 Å². The molecule has 0 bridgehead atoms. The molecule has 1 aliphatic heterocycles. The van der Waals surface area contributed by atoms with Crippen LogP contribution in [-0.2, 0) is 0 Å². The lowest BCUT2D eigenvalue weighted by Crippen LogP contribution is -2.72. The number of aliphatic hydroxyl groups is 1. The molecule has 0 spiro atoms. The molecule has 0 aromatic heterocycles. The monoisotopic (exact) mass is 438 g/mol. The Kier molecular flexibility index (Phi) is 5.86. The van der Waals surface area contributed by atoms with Crippen molar-refractivity contribution in [3.8, 4) is 11.5 Å². The summed E-state index contributed by atoms with van der Waals surface area (Å²) < 4.78 is 47.1. The molecular formula is C21H21F3N2O5. The standard InChI is InChI=1S/C21H21F3N2O5/c1-3-31-15-10-13(8-9-14(15)27)17-16(18(28)12-6-4-11(2)5-7-12)20(30,21(22,23)24)26-19(29)25-17/h4-10,16-17,27,30H,3H2,1-2H3,(H2,25,26,29)/t16-,17-,20+/m1/s1. The van der Waals surface area contributed by atoms with Crippen LogP contribution in [0.15, 0.2) is 42.5 Å². The van der Waals surface area contributed by atoms with Gasteiger partial charge in [-0.15, -0.1) is 0 Å². The van der Waals surface area contributed by atoms with Gasteiger partial charge in [-0.1, -0.05) is 35.9 Å². The zero-order valence-corrected chi connectivity index (χ0v) is 16.7. The Morgan fingerprint density at radius 1 is 1.19 bits per heavy atom. The Morgan fingerprint density at radius 3 is 2.42 bits per heavy atom. The fourth-order valence-electron chi connectivity index (χ4n) is 3.51. The SMILES string of the molecule is CCOc1cc([C@H]2NC(=O)N[C@@](O)(C(F)(F)F)[C@H]2C(=O)c2ccc(C)cc2)ccc1O. The van der Waals surface area contributed by atoms with Crippen molar-refractivity contribution in [2.24, 2.45) is 5.92 Å². The first-order valence-corrected chi connectivity index (χ1v) is 9.42. The summed E-state index contributed by atoms with van der Waals surface area (Å²) in [6.45, 7) is 3.55. The van der Waals surface area contributed by atoms with Crippen molar-refractivity contribution in [2.45, 2.75) is 31.8 Å². The molecule has 2 aromatic rings. The molecule has 0 radical (unpaired) electrons. The molecule has 1 aliphatic rings. The molecule has 0 aliphatic carbocycles. The summed E-state index contributed by atoms with van der Waals surface area (Å²) in [6, 6.07) is 6.60. The minimum atomic E-state index is -5.35. The van der Waals surface area contributed by atoms with Gasteiger partial charge in [-0.25, -0.2) is 4.79 Å². The van der Waals surface area contributed by atoms with Gasteiger partial charge in [0.1, 0.15) is 5.92 Å². The highest BCUT2D eigenvalue weighted by atomic mass is 19.4. The topological polar surface area (TPSA) is 108 Å². The molecule has 2 aromatic carbocycles. The molecule has 2 amide bonds. The molecule has 1 fully saturated rings. The summed E-state index contributed by atoms with van der Waals surface area (Å²) in [4.78, 5) is 25.3. The number of halogens is 3. The van der Waals surface area contributed by atoms with E-state index in [9.17, 15) is 33.0 Å². The number of carbonyl (C=O) groups is 2. The van der Waals surface area contributed by atoms with Gasteiger partial charge in [0.15, 0.2) is 17.3 Å². The number of benzene rings is 2. The third kappa shape index (κ3) is 4.15. The molecule has 1 heterocycles. The van der Waals surface area contributed by atoms with Crippen LogP contribution in [0.1, 0.15) is 34.5 Å². The molecule has 0 unspecified atom stereocenters. The van der Waals surface area contributed by atoms with Crippen molar-refractivity contribution < 1.29 is 37.7 Å². The van der Waals surface area contributed by atoms with Gasteiger partial charge in [0.05, 0.1) is 12.6 Å². The van der Waals surface area contributed by atoms with Crippen molar-refractivity contribution >= 4 is 11.8 Å². The van der Waals surface area contributed by atoms with E-state index in [4.69, 9.17) is 4.74 Å². The van der Waals surface area contributed by atoms with E-state index in [1.54, 1.807) is 26.0 Å². The minimum Gasteiger partial charge on any atom is -0.504 e. The van der Waals surface area contributed by atoms with Crippen molar-refractivity contribution in [1.29, 1.82) is 0 Å². The first kappa shape index (κ1) is 22.4. The van der Waals surface area contributed by atoms with Crippen LogP contribution in [0.2, 0.25) is 0 Å². The second-order valence-electron chi connectivity index (χ2n) is 7.21. The van der Waals surface area contributed by atoms with Gasteiger partial charge < -0.3 is 25.6 Å². The highest BCUT2D eigenvalue weighted by molar-refractivity contribution is 6.00. The third-order valence-corrected chi connectivity index (χ3v) is 5.07. The van der Waals surface area contributed by atoms with E-state index in [0.717, 1.165) is 5.56 Å². The maximum Gasteiger partial charge on any atom is 0.437 e. The number of hydrogen-bond acceptors (Lipinski definition) is 5. The van der Waals surface area contributed by atoms with Crippen molar-refractivity contribution in [3.05, 3.63) is 59.2 Å². The molecule has 4 N–H and O–H groups in total. The number of carbonyl (C=O) groups excluding carboxylic acids is 2. The molecule has 166 valence electrons. The number of aromatic hydroxyl groups is 1. The van der Waals surface area contributed by atoms with Crippen LogP contribution in [0.4, 0.5) is 18.0 Å². The summed E-state index contributed by atoms with van der Waals surface area (Å²) in [5.41, 5.74) is -3.06. The van der Waals surface area contributed by atoms with Gasteiger partial charge in [-0.05, 0) is 31.5 Å². The van der Waals surface area contributed by atoms with E-state index in [2.05, 4.69) is 5.32 Å². The van der Waals surface area contributed by atoms with Gasteiger partial charge in [-0.3, -0.25) is 4.79 Å². The number of ether oxygens (including phenoxy) is 1. The number of alkyl halides is 3. The summed E-state index contributed by atoms with van der Waals surface area (Å²) in [7, 11) is 0. The maximum atomic E-state index is 13.9. The number of phenols is 1. The molecular weight excluding hydrogens is 417 g/mol. The zero-order chi connectivity index (χ0) is 23.0. The molecule has 3 rings (SSSR count). The fourth-order valence-corrected chi connectivity index (χ4v) is 3.51. The number of amides is 2. The lowest BCUT2D eigenvalue weighted by Gasteiger charge is -2.45. The lowest BCUT2D eigenvalue weighted by molar-refractivity contribution is -0.287. The van der Waals surface area contributed by atoms with Crippen molar-refractivity contribution in [1.82, 2.24) is 10.6 Å². The molecule has 31 heavy (non-hydrogen) atoms. The molecule has 1 saturated heterocycles. The van der Waals surface area contributed by atoms with E-state index < -0.39 is 35.7 Å². The minimum absolute atomic E-state index is 0.0372. The number of Topliss-reactive ketones (excluding diaryl/α,β-unsaturated/α-hetero) is 1. The number of urea groups is 1. The normalized spacial score (nSPS) is 23.6. The number of aryl methyl sites for hydroxylation is 1. The van der Waals surface area contributed by atoms with E-state index in [1.807, 2.05) is 0 Å². The van der Waals surface area contributed by atoms with Gasteiger partial charge in [0, 0.05) is 5.56 Å². The lowest BCUT2D eigenvalue weighted by atomic mass is 9.77. The Morgan fingerprint density at radius 2 is 1.84 bits per heavy atom. The van der Waals surface area contributed by atoms with Gasteiger partial charge in [0.2, 0.25) is 5.72 Å². The van der Waals surface area contributed by atoms with Gasteiger partial charge in [-0.2, -0.15) is 13.2 Å². The van der Waals surface area contributed by atoms with Crippen LogP contribution in [-0.4, -0.2) is 40.5 Å². The maximum absolute atomic E-state index is 13.9. The second kappa shape index (κ2) is 8.10. The highest BCUT2D eigenvalue weighted by Crippen LogP contribution is 2.45. The number of hydrogen-bond donors (Lipinski definition) is 4. The second-order valence-corrected chi connectivity index (χ2v) is 7.21. The summed E-state index contributed by atoms with van der Waals surface area (Å²) in [5, 5.41) is 24.3. The Balaban J connectivity index is 2.17. The van der Waals surface area contributed by atoms with Crippen LogP contribution in [0.3, 0.4) is 0 Å². The number of ketones is 1. The van der Waals surface area contributed by atoms with Crippen LogP contribution >= 0.6 is 0 Å². The van der Waals surface area contributed by atoms with Crippen molar-refractivity contribution in [3.63, 3.8) is 0 Å². The largest absolute Gasteiger partial charge is 0.504 e. The summed E-state index contributed by atoms with van der Waals surface area (Å²) >= 11 is 0. The number of rotatable bonds is 5. The van der Waals surface area contributed by atoms with Gasteiger partial charge in [0.25, 0.3) is 0 Å². The Hall–Kier alpha value is -3.27.